The summed E-state index contributed by atoms with van der Waals surface area (Å²) in [5.74, 6) is -0.852. The molecule has 1 aliphatic rings. The van der Waals surface area contributed by atoms with Crippen LogP contribution in [0.2, 0.25) is 0 Å². The Morgan fingerprint density at radius 3 is 2.68 bits per heavy atom. The molecule has 0 unspecified atom stereocenters. The number of carboxylic acid groups (broad SMARTS) is 1. The van der Waals surface area contributed by atoms with Crippen molar-refractivity contribution in [1.82, 2.24) is 4.98 Å². The number of fused-ring (bicyclic) bond motifs is 1. The first-order valence-corrected chi connectivity index (χ1v) is 8.73. The highest BCUT2D eigenvalue weighted by Crippen LogP contribution is 2.35. The van der Waals surface area contributed by atoms with E-state index in [0.717, 1.165) is 11.8 Å². The summed E-state index contributed by atoms with van der Waals surface area (Å²) in [5.41, 5.74) is 1.21. The molecule has 144 valence electrons. The van der Waals surface area contributed by atoms with Gasteiger partial charge in [0.25, 0.3) is 0 Å². The minimum absolute atomic E-state index is 0.144. The van der Waals surface area contributed by atoms with E-state index < -0.39 is 17.4 Å². The Bertz CT molecular complexity index is 1110. The molecule has 0 bridgehead atoms. The van der Waals surface area contributed by atoms with Crippen LogP contribution in [0.3, 0.4) is 0 Å². The standard InChI is InChI=1S/C20H17FN2O5/c21-12-5-6-13-15(11-12)22-17(19(18(13)24)28-20(25)26)14-3-1-2-4-16(14)23-7-9-27-10-8-23/h1-6,11H,7-10H2,(H,22,24)(H,25,26). The number of hydrogen-bond donors (Lipinski definition) is 2. The predicted molar refractivity (Wildman–Crippen MR) is 102 cm³/mol. The minimum atomic E-state index is -1.60. The van der Waals surface area contributed by atoms with E-state index in [1.165, 1.54) is 12.1 Å². The van der Waals surface area contributed by atoms with Crippen molar-refractivity contribution < 1.29 is 23.8 Å². The molecule has 0 aliphatic carbocycles. The topological polar surface area (TPSA) is 91.9 Å². The van der Waals surface area contributed by atoms with Gasteiger partial charge in [0.2, 0.25) is 11.2 Å². The highest BCUT2D eigenvalue weighted by Gasteiger charge is 2.22. The predicted octanol–water partition coefficient (Wildman–Crippen LogP) is 3.23. The zero-order chi connectivity index (χ0) is 19.7. The Morgan fingerprint density at radius 1 is 1.18 bits per heavy atom. The molecule has 0 spiro atoms. The van der Waals surface area contributed by atoms with Crippen molar-refractivity contribution in [2.75, 3.05) is 31.2 Å². The summed E-state index contributed by atoms with van der Waals surface area (Å²) in [7, 11) is 0. The molecule has 8 heteroatoms. The Hall–Kier alpha value is -3.39. The molecule has 1 aliphatic heterocycles. The lowest BCUT2D eigenvalue weighted by Gasteiger charge is -2.30. The van der Waals surface area contributed by atoms with Gasteiger partial charge in [-0.05, 0) is 24.3 Å². The highest BCUT2D eigenvalue weighted by molar-refractivity contribution is 5.89. The van der Waals surface area contributed by atoms with Crippen LogP contribution >= 0.6 is 0 Å². The Balaban J connectivity index is 1.97. The first kappa shape index (κ1) is 18.0. The second-order valence-electron chi connectivity index (χ2n) is 6.33. The lowest BCUT2D eigenvalue weighted by molar-refractivity contribution is 0.123. The van der Waals surface area contributed by atoms with Gasteiger partial charge in [0.05, 0.1) is 24.4 Å². The van der Waals surface area contributed by atoms with Crippen LogP contribution < -0.4 is 15.1 Å². The number of aromatic amines is 1. The smallest absolute Gasteiger partial charge is 0.449 e. The minimum Gasteiger partial charge on any atom is -0.449 e. The molecule has 0 amide bonds. The fraction of sp³-hybridized carbons (Fsp3) is 0.200. The van der Waals surface area contributed by atoms with Crippen LogP contribution in [-0.2, 0) is 4.74 Å². The van der Waals surface area contributed by atoms with Gasteiger partial charge in [0.15, 0.2) is 0 Å². The van der Waals surface area contributed by atoms with Crippen molar-refractivity contribution in [3.8, 4) is 17.0 Å². The maximum atomic E-state index is 13.7. The number of carbonyl (C=O) groups is 1. The van der Waals surface area contributed by atoms with Gasteiger partial charge in [0, 0.05) is 29.7 Å². The normalized spacial score (nSPS) is 14.2. The molecule has 2 heterocycles. The van der Waals surface area contributed by atoms with E-state index in [2.05, 4.69) is 9.88 Å². The summed E-state index contributed by atoms with van der Waals surface area (Å²) >= 11 is 0. The third-order valence-electron chi connectivity index (χ3n) is 4.63. The molecule has 7 nitrogen and oxygen atoms in total. The molecule has 2 aromatic carbocycles. The number of halogens is 1. The number of morpholine rings is 1. The number of anilines is 1. The molecule has 3 aromatic rings. The molecule has 0 atom stereocenters. The van der Waals surface area contributed by atoms with Crippen LogP contribution in [0, 0.1) is 5.82 Å². The van der Waals surface area contributed by atoms with Crippen LogP contribution in [0.25, 0.3) is 22.2 Å². The Kier molecular flexibility index (Phi) is 4.70. The third-order valence-corrected chi connectivity index (χ3v) is 4.63. The largest absolute Gasteiger partial charge is 0.511 e. The fourth-order valence-corrected chi connectivity index (χ4v) is 3.38. The van der Waals surface area contributed by atoms with Gasteiger partial charge < -0.3 is 24.5 Å². The van der Waals surface area contributed by atoms with Crippen LogP contribution in [0.4, 0.5) is 14.9 Å². The molecule has 1 fully saturated rings. The Labute approximate surface area is 158 Å². The van der Waals surface area contributed by atoms with Crippen molar-refractivity contribution in [3.63, 3.8) is 0 Å². The number of para-hydroxylation sites is 1. The number of aromatic nitrogens is 1. The second kappa shape index (κ2) is 7.32. The van der Waals surface area contributed by atoms with Crippen LogP contribution in [0.1, 0.15) is 0 Å². The van der Waals surface area contributed by atoms with Crippen molar-refractivity contribution >= 4 is 22.7 Å². The van der Waals surface area contributed by atoms with E-state index in [9.17, 15) is 14.0 Å². The number of nitrogens with zero attached hydrogens (tertiary/aromatic N) is 1. The van der Waals surface area contributed by atoms with Crippen molar-refractivity contribution in [3.05, 3.63) is 58.5 Å². The van der Waals surface area contributed by atoms with E-state index in [-0.39, 0.29) is 22.3 Å². The number of pyridine rings is 1. The van der Waals surface area contributed by atoms with Crippen molar-refractivity contribution in [2.24, 2.45) is 0 Å². The first-order valence-electron chi connectivity index (χ1n) is 8.73. The summed E-state index contributed by atoms with van der Waals surface area (Å²) in [4.78, 5) is 29.2. The average molecular weight is 384 g/mol. The molecule has 1 saturated heterocycles. The summed E-state index contributed by atoms with van der Waals surface area (Å²) in [6, 6.07) is 10.9. The molecule has 0 saturated carbocycles. The molecule has 0 radical (unpaired) electrons. The molecule has 4 rings (SSSR count). The van der Waals surface area contributed by atoms with Gasteiger partial charge in [-0.15, -0.1) is 0 Å². The number of ether oxygens (including phenoxy) is 2. The maximum absolute atomic E-state index is 13.7. The fourth-order valence-electron chi connectivity index (χ4n) is 3.38. The molecule has 2 N–H and O–H groups in total. The quantitative estimate of drug-likeness (QED) is 0.674. The van der Waals surface area contributed by atoms with Gasteiger partial charge in [0.1, 0.15) is 5.82 Å². The molecule has 28 heavy (non-hydrogen) atoms. The van der Waals surface area contributed by atoms with E-state index in [4.69, 9.17) is 14.6 Å². The summed E-state index contributed by atoms with van der Waals surface area (Å²) in [6.45, 7) is 2.43. The van der Waals surface area contributed by atoms with Gasteiger partial charge in [-0.3, -0.25) is 4.79 Å². The van der Waals surface area contributed by atoms with Gasteiger partial charge >= 0.3 is 6.16 Å². The van der Waals surface area contributed by atoms with Gasteiger partial charge in [-0.1, -0.05) is 18.2 Å². The van der Waals surface area contributed by atoms with Gasteiger partial charge in [-0.25, -0.2) is 9.18 Å². The zero-order valence-electron chi connectivity index (χ0n) is 14.8. The molecular weight excluding hydrogens is 367 g/mol. The van der Waals surface area contributed by atoms with E-state index in [0.29, 0.717) is 31.9 Å². The summed E-state index contributed by atoms with van der Waals surface area (Å²) in [5, 5.41) is 9.28. The average Bonchev–Trinajstić information content (AvgIpc) is 2.70. The number of benzene rings is 2. The van der Waals surface area contributed by atoms with Crippen LogP contribution in [-0.4, -0.2) is 42.5 Å². The maximum Gasteiger partial charge on any atom is 0.511 e. The molecular formula is C20H17FN2O5. The van der Waals surface area contributed by atoms with Crippen molar-refractivity contribution in [2.45, 2.75) is 0 Å². The zero-order valence-corrected chi connectivity index (χ0v) is 14.8. The summed E-state index contributed by atoms with van der Waals surface area (Å²) < 4.78 is 24.0. The second-order valence-corrected chi connectivity index (χ2v) is 6.33. The summed E-state index contributed by atoms with van der Waals surface area (Å²) in [6.07, 6.45) is -1.60. The van der Waals surface area contributed by atoms with Crippen molar-refractivity contribution in [1.29, 1.82) is 0 Å². The van der Waals surface area contributed by atoms with E-state index in [1.807, 2.05) is 12.1 Å². The monoisotopic (exact) mass is 384 g/mol. The number of nitrogens with one attached hydrogen (secondary N) is 1. The van der Waals surface area contributed by atoms with Crippen LogP contribution in [0.5, 0.6) is 5.75 Å². The number of hydrogen-bond acceptors (Lipinski definition) is 5. The van der Waals surface area contributed by atoms with Crippen LogP contribution in [0.15, 0.2) is 47.3 Å². The highest BCUT2D eigenvalue weighted by atomic mass is 19.1. The Morgan fingerprint density at radius 2 is 1.93 bits per heavy atom. The SMILES string of the molecule is O=C(O)Oc1c(-c2ccccc2N2CCOCC2)[nH]c2cc(F)ccc2c1=O. The lowest BCUT2D eigenvalue weighted by atomic mass is 10.0. The lowest BCUT2D eigenvalue weighted by Crippen LogP contribution is -2.36. The van der Waals surface area contributed by atoms with Gasteiger partial charge in [-0.2, -0.15) is 0 Å². The first-order chi connectivity index (χ1) is 13.5. The van der Waals surface area contributed by atoms with E-state index >= 15 is 0 Å². The third kappa shape index (κ3) is 3.29. The number of rotatable bonds is 3. The number of H-pyrrole nitrogens is 1. The van der Waals surface area contributed by atoms with E-state index in [1.54, 1.807) is 12.1 Å². The molecule has 1 aromatic heterocycles.